The van der Waals surface area contributed by atoms with E-state index in [1.807, 2.05) is 0 Å². The van der Waals surface area contributed by atoms with Crippen molar-refractivity contribution < 1.29 is 14.7 Å². The number of hydrogen-bond acceptors (Lipinski definition) is 4. The Kier molecular flexibility index (Phi) is 3.39. The van der Waals surface area contributed by atoms with Crippen LogP contribution in [0.25, 0.3) is 0 Å². The van der Waals surface area contributed by atoms with E-state index >= 15 is 0 Å². The van der Waals surface area contributed by atoms with Gasteiger partial charge in [-0.3, -0.25) is 9.69 Å². The molecule has 0 saturated carbocycles. The number of aromatic nitrogens is 2. The number of aromatic carboxylic acids is 1. The molecular weight excluding hydrogens is 266 g/mol. The molecule has 0 unspecified atom stereocenters. The summed E-state index contributed by atoms with van der Waals surface area (Å²) in [5.74, 6) is -1.34. The Hall–Kier alpha value is -2.15. The van der Waals surface area contributed by atoms with E-state index in [2.05, 4.69) is 4.37 Å². The second-order valence-corrected chi connectivity index (χ2v) is 4.87. The Labute approximate surface area is 114 Å². The number of carbonyl (C=O) groups is 2. The standard InChI is InChI=1S/C12H13N3O3S/c1-7-9(12(17)18)11(19-13-7)15(3)10(16)8-5-4-6-14(8)2/h4-6H,1-3H3,(H,17,18). The number of anilines is 1. The molecule has 2 aromatic rings. The van der Waals surface area contributed by atoms with Crippen LogP contribution in [0, 0.1) is 6.92 Å². The van der Waals surface area contributed by atoms with Crippen molar-refractivity contribution in [2.24, 2.45) is 7.05 Å². The molecule has 0 bridgehead atoms. The summed E-state index contributed by atoms with van der Waals surface area (Å²) in [5.41, 5.74) is 0.985. The summed E-state index contributed by atoms with van der Waals surface area (Å²) in [4.78, 5) is 24.8. The highest BCUT2D eigenvalue weighted by atomic mass is 32.1. The van der Waals surface area contributed by atoms with E-state index < -0.39 is 5.97 Å². The molecular formula is C12H13N3O3S. The van der Waals surface area contributed by atoms with Gasteiger partial charge in [0.05, 0.1) is 5.69 Å². The topological polar surface area (TPSA) is 75.4 Å². The van der Waals surface area contributed by atoms with E-state index in [1.165, 1.54) is 4.90 Å². The van der Waals surface area contributed by atoms with Crippen molar-refractivity contribution in [2.75, 3.05) is 11.9 Å². The minimum atomic E-state index is -1.08. The first-order valence-corrected chi connectivity index (χ1v) is 6.29. The normalized spacial score (nSPS) is 10.5. The maximum Gasteiger partial charge on any atom is 0.340 e. The van der Waals surface area contributed by atoms with E-state index in [4.69, 9.17) is 0 Å². The van der Waals surface area contributed by atoms with Crippen molar-refractivity contribution >= 4 is 28.4 Å². The Bertz CT molecular complexity index is 644. The highest BCUT2D eigenvalue weighted by molar-refractivity contribution is 7.11. The molecule has 6 nitrogen and oxygen atoms in total. The van der Waals surface area contributed by atoms with Crippen molar-refractivity contribution in [1.82, 2.24) is 8.94 Å². The van der Waals surface area contributed by atoms with Crippen LogP contribution in [0.15, 0.2) is 18.3 Å². The summed E-state index contributed by atoms with van der Waals surface area (Å²) in [6.07, 6.45) is 1.76. The van der Waals surface area contributed by atoms with E-state index in [0.717, 1.165) is 11.5 Å². The SMILES string of the molecule is Cc1nsc(N(C)C(=O)c2cccn2C)c1C(=O)O. The molecule has 19 heavy (non-hydrogen) atoms. The van der Waals surface area contributed by atoms with Gasteiger partial charge < -0.3 is 9.67 Å². The van der Waals surface area contributed by atoms with Gasteiger partial charge in [0.15, 0.2) is 0 Å². The first kappa shape index (κ1) is 13.3. The number of hydrogen-bond donors (Lipinski definition) is 1. The summed E-state index contributed by atoms with van der Waals surface area (Å²) in [6, 6.07) is 3.45. The molecule has 0 fully saturated rings. The van der Waals surface area contributed by atoms with Crippen LogP contribution in [0.5, 0.6) is 0 Å². The molecule has 7 heteroatoms. The molecule has 1 amide bonds. The van der Waals surface area contributed by atoms with Crippen LogP contribution in [0.1, 0.15) is 26.5 Å². The molecule has 0 radical (unpaired) electrons. The van der Waals surface area contributed by atoms with Crippen LogP contribution in [-0.4, -0.2) is 33.0 Å². The Morgan fingerprint density at radius 2 is 2.16 bits per heavy atom. The van der Waals surface area contributed by atoms with Crippen molar-refractivity contribution in [1.29, 1.82) is 0 Å². The molecule has 0 aromatic carbocycles. The highest BCUT2D eigenvalue weighted by Gasteiger charge is 2.25. The van der Waals surface area contributed by atoms with Gasteiger partial charge in [0.1, 0.15) is 16.3 Å². The molecule has 0 saturated heterocycles. The first-order valence-electron chi connectivity index (χ1n) is 5.52. The molecule has 0 atom stereocenters. The zero-order chi connectivity index (χ0) is 14.2. The maximum absolute atomic E-state index is 12.3. The fraction of sp³-hybridized carbons (Fsp3) is 0.250. The van der Waals surface area contributed by atoms with E-state index in [1.54, 1.807) is 43.9 Å². The molecule has 0 aliphatic heterocycles. The lowest BCUT2D eigenvalue weighted by Crippen LogP contribution is -2.28. The number of rotatable bonds is 3. The van der Waals surface area contributed by atoms with Crippen molar-refractivity contribution in [3.8, 4) is 0 Å². The van der Waals surface area contributed by atoms with Crippen LogP contribution in [0.3, 0.4) is 0 Å². The number of amides is 1. The summed E-state index contributed by atoms with van der Waals surface area (Å²) in [7, 11) is 3.31. The molecule has 2 heterocycles. The Morgan fingerprint density at radius 1 is 1.47 bits per heavy atom. The van der Waals surface area contributed by atoms with Gasteiger partial charge in [-0.2, -0.15) is 4.37 Å². The van der Waals surface area contributed by atoms with Gasteiger partial charge in [-0.15, -0.1) is 0 Å². The molecule has 0 spiro atoms. The largest absolute Gasteiger partial charge is 0.478 e. The maximum atomic E-state index is 12.3. The Morgan fingerprint density at radius 3 is 2.68 bits per heavy atom. The summed E-state index contributed by atoms with van der Waals surface area (Å²) in [5, 5.41) is 9.52. The van der Waals surface area contributed by atoms with Gasteiger partial charge in [-0.05, 0) is 30.6 Å². The van der Waals surface area contributed by atoms with Crippen LogP contribution < -0.4 is 4.90 Å². The van der Waals surface area contributed by atoms with Crippen LogP contribution in [-0.2, 0) is 7.05 Å². The molecule has 2 aromatic heterocycles. The van der Waals surface area contributed by atoms with Crippen molar-refractivity contribution in [2.45, 2.75) is 6.92 Å². The number of nitrogens with zero attached hydrogens (tertiary/aromatic N) is 3. The lowest BCUT2D eigenvalue weighted by Gasteiger charge is -2.16. The fourth-order valence-electron chi connectivity index (χ4n) is 1.78. The molecule has 0 aliphatic rings. The van der Waals surface area contributed by atoms with Gasteiger partial charge in [-0.25, -0.2) is 4.79 Å². The van der Waals surface area contributed by atoms with Gasteiger partial charge in [0, 0.05) is 20.3 Å². The third-order valence-electron chi connectivity index (χ3n) is 2.83. The zero-order valence-electron chi connectivity index (χ0n) is 10.7. The van der Waals surface area contributed by atoms with Crippen LogP contribution in [0.4, 0.5) is 5.00 Å². The second-order valence-electron chi connectivity index (χ2n) is 4.12. The number of carboxylic acid groups (broad SMARTS) is 1. The first-order chi connectivity index (χ1) is 8.93. The number of carbonyl (C=O) groups excluding carboxylic acids is 1. The van der Waals surface area contributed by atoms with Gasteiger partial charge in [0.2, 0.25) is 0 Å². The average molecular weight is 279 g/mol. The highest BCUT2D eigenvalue weighted by Crippen LogP contribution is 2.28. The summed E-state index contributed by atoms with van der Waals surface area (Å²) < 4.78 is 5.69. The average Bonchev–Trinajstić information content (AvgIpc) is 2.93. The predicted molar refractivity (Wildman–Crippen MR) is 72.0 cm³/mol. The van der Waals surface area contributed by atoms with E-state index in [-0.39, 0.29) is 11.5 Å². The van der Waals surface area contributed by atoms with Crippen molar-refractivity contribution in [3.05, 3.63) is 35.3 Å². The minimum Gasteiger partial charge on any atom is -0.478 e. The number of aryl methyl sites for hydroxylation is 2. The zero-order valence-corrected chi connectivity index (χ0v) is 11.6. The molecule has 2 rings (SSSR count). The van der Waals surface area contributed by atoms with E-state index in [9.17, 15) is 14.7 Å². The Balaban J connectivity index is 2.40. The van der Waals surface area contributed by atoms with Crippen LogP contribution >= 0.6 is 11.5 Å². The summed E-state index contributed by atoms with van der Waals surface area (Å²) in [6.45, 7) is 1.62. The predicted octanol–water partition coefficient (Wildman–Crippen LogP) is 1.76. The monoisotopic (exact) mass is 279 g/mol. The molecule has 1 N–H and O–H groups in total. The van der Waals surface area contributed by atoms with E-state index in [0.29, 0.717) is 16.4 Å². The quantitative estimate of drug-likeness (QED) is 0.929. The molecule has 0 aliphatic carbocycles. The third kappa shape index (κ3) is 2.24. The fourth-order valence-corrected chi connectivity index (χ4v) is 2.63. The van der Waals surface area contributed by atoms with Crippen molar-refractivity contribution in [3.63, 3.8) is 0 Å². The molecule has 100 valence electrons. The van der Waals surface area contributed by atoms with Gasteiger partial charge >= 0.3 is 5.97 Å². The van der Waals surface area contributed by atoms with Gasteiger partial charge in [-0.1, -0.05) is 0 Å². The lowest BCUT2D eigenvalue weighted by atomic mass is 10.2. The lowest BCUT2D eigenvalue weighted by molar-refractivity contribution is 0.0697. The van der Waals surface area contributed by atoms with Gasteiger partial charge in [0.25, 0.3) is 5.91 Å². The number of carboxylic acids is 1. The van der Waals surface area contributed by atoms with Crippen LogP contribution in [0.2, 0.25) is 0 Å². The smallest absolute Gasteiger partial charge is 0.340 e. The third-order valence-corrected chi connectivity index (χ3v) is 3.85. The summed E-state index contributed by atoms with van der Waals surface area (Å²) >= 11 is 1.01. The minimum absolute atomic E-state index is 0.0788. The second kappa shape index (κ2) is 4.85.